The van der Waals surface area contributed by atoms with Gasteiger partial charge in [-0.25, -0.2) is 13.2 Å². The quantitative estimate of drug-likeness (QED) is 0.356. The number of nitrogens with zero attached hydrogens (tertiary/aromatic N) is 2. The molecule has 0 unspecified atom stereocenters. The van der Waals surface area contributed by atoms with Gasteiger partial charge < -0.3 is 24.6 Å². The summed E-state index contributed by atoms with van der Waals surface area (Å²) in [6.45, 7) is 3.79. The van der Waals surface area contributed by atoms with Crippen LogP contribution in [-0.4, -0.2) is 69.4 Å². The molecule has 1 aliphatic heterocycles. The second kappa shape index (κ2) is 10.6. The molecule has 1 saturated heterocycles. The first-order valence-corrected chi connectivity index (χ1v) is 14.9. The molecule has 5 rings (SSSR count). The molecule has 3 aromatic carbocycles. The van der Waals surface area contributed by atoms with E-state index in [0.29, 0.717) is 43.0 Å². The van der Waals surface area contributed by atoms with Crippen molar-refractivity contribution in [3.63, 3.8) is 0 Å². The number of anilines is 1. The number of halogens is 1. The third-order valence-electron chi connectivity index (χ3n) is 7.35. The lowest BCUT2D eigenvalue weighted by molar-refractivity contribution is 0.0977. The minimum atomic E-state index is -3.84. The Morgan fingerprint density at radius 2 is 1.58 bits per heavy atom. The van der Waals surface area contributed by atoms with Gasteiger partial charge in [-0.05, 0) is 51.8 Å². The zero-order chi connectivity index (χ0) is 27.0. The molecule has 0 atom stereocenters. The Morgan fingerprint density at radius 3 is 2.13 bits per heavy atom. The highest BCUT2D eigenvalue weighted by molar-refractivity contribution is 8.13. The second-order valence-electron chi connectivity index (χ2n) is 9.66. The number of hydrogen-bond acceptors (Lipinski definition) is 7. The minimum Gasteiger partial charge on any atom is -0.448 e. The molecule has 0 bridgehead atoms. The third-order valence-corrected chi connectivity index (χ3v) is 8.33. The highest BCUT2D eigenvalue weighted by Gasteiger charge is 2.31. The van der Waals surface area contributed by atoms with Crippen molar-refractivity contribution in [2.24, 2.45) is 0 Å². The maximum Gasteiger partial charge on any atom is 0.488 e. The summed E-state index contributed by atoms with van der Waals surface area (Å²) < 4.78 is 29.2. The van der Waals surface area contributed by atoms with Gasteiger partial charge in [0.05, 0.1) is 5.75 Å². The van der Waals surface area contributed by atoms with Gasteiger partial charge in [-0.3, -0.25) is 0 Å². The van der Waals surface area contributed by atoms with Crippen LogP contribution in [0.3, 0.4) is 0 Å². The predicted molar refractivity (Wildman–Crippen MR) is 148 cm³/mol. The number of amides is 1. The van der Waals surface area contributed by atoms with Crippen LogP contribution in [0.4, 0.5) is 10.5 Å². The lowest BCUT2D eigenvalue weighted by atomic mass is 9.78. The van der Waals surface area contributed by atoms with Gasteiger partial charge in [-0.15, -0.1) is 0 Å². The normalized spacial score (nSPS) is 15.3. The maximum absolute atomic E-state index is 13.0. The van der Waals surface area contributed by atoms with Gasteiger partial charge >= 0.3 is 13.2 Å². The molecule has 2 N–H and O–H groups in total. The molecule has 11 heteroatoms. The molecule has 8 nitrogen and oxygen atoms in total. The lowest BCUT2D eigenvalue weighted by Gasteiger charge is -2.37. The van der Waals surface area contributed by atoms with E-state index in [-0.39, 0.29) is 24.1 Å². The average molecular weight is 555 g/mol. The molecule has 1 amide bonds. The van der Waals surface area contributed by atoms with Crippen LogP contribution in [0.25, 0.3) is 11.1 Å². The summed E-state index contributed by atoms with van der Waals surface area (Å²) in [5, 5.41) is 19.5. The van der Waals surface area contributed by atoms with Crippen LogP contribution in [0.5, 0.6) is 0 Å². The van der Waals surface area contributed by atoms with Gasteiger partial charge in [-0.1, -0.05) is 54.6 Å². The zero-order valence-electron chi connectivity index (χ0n) is 20.9. The first-order chi connectivity index (χ1) is 18.1. The number of hydrogen-bond donors (Lipinski definition) is 2. The summed E-state index contributed by atoms with van der Waals surface area (Å²) in [6, 6.07) is 19.4. The summed E-state index contributed by atoms with van der Waals surface area (Å²) in [5.74, 6) is -0.437. The van der Waals surface area contributed by atoms with E-state index in [9.17, 15) is 23.3 Å². The van der Waals surface area contributed by atoms with E-state index in [1.165, 1.54) is 17.2 Å². The van der Waals surface area contributed by atoms with Crippen LogP contribution in [0.2, 0.25) is 0 Å². The second-order valence-corrected chi connectivity index (χ2v) is 12.4. The van der Waals surface area contributed by atoms with Crippen molar-refractivity contribution in [1.82, 2.24) is 4.90 Å². The summed E-state index contributed by atoms with van der Waals surface area (Å²) >= 11 is 0. The van der Waals surface area contributed by atoms with E-state index in [0.717, 1.165) is 11.1 Å². The van der Waals surface area contributed by atoms with Gasteiger partial charge in [-0.2, -0.15) is 0 Å². The van der Waals surface area contributed by atoms with Crippen molar-refractivity contribution in [3.05, 3.63) is 82.9 Å². The fraction of sp³-hybridized carbons (Fsp3) is 0.296. The minimum absolute atomic E-state index is 0.0143. The Balaban J connectivity index is 1.26. The Bertz CT molecular complexity index is 1430. The maximum atomic E-state index is 13.0. The van der Waals surface area contributed by atoms with Crippen molar-refractivity contribution >= 4 is 44.1 Å². The van der Waals surface area contributed by atoms with Crippen LogP contribution in [0, 0.1) is 6.92 Å². The Hall–Kier alpha value is -3.05. The smallest absolute Gasteiger partial charge is 0.448 e. The van der Waals surface area contributed by atoms with Crippen molar-refractivity contribution in [2.45, 2.75) is 18.6 Å². The largest absolute Gasteiger partial charge is 0.488 e. The number of piperazine rings is 1. The first-order valence-electron chi connectivity index (χ1n) is 12.4. The van der Waals surface area contributed by atoms with Crippen molar-refractivity contribution in [1.29, 1.82) is 0 Å². The summed E-state index contributed by atoms with van der Waals surface area (Å²) in [4.78, 5) is 16.6. The fourth-order valence-electron chi connectivity index (χ4n) is 5.41. The van der Waals surface area contributed by atoms with E-state index >= 15 is 0 Å². The summed E-state index contributed by atoms with van der Waals surface area (Å²) in [6.07, 6.45) is -0.378. The number of carbonyl (C=O) groups excluding carboxylic acids is 1. The topological polar surface area (TPSA) is 107 Å². The van der Waals surface area contributed by atoms with Gasteiger partial charge in [0, 0.05) is 48.5 Å². The van der Waals surface area contributed by atoms with E-state index in [2.05, 4.69) is 24.3 Å². The Labute approximate surface area is 227 Å². The van der Waals surface area contributed by atoms with Crippen LogP contribution in [0.1, 0.15) is 28.2 Å². The number of ether oxygens (including phenoxy) is 1. The summed E-state index contributed by atoms with van der Waals surface area (Å²) in [5.41, 5.74) is 6.60. The molecule has 38 heavy (non-hydrogen) atoms. The van der Waals surface area contributed by atoms with Gasteiger partial charge in [0.15, 0.2) is 0 Å². The van der Waals surface area contributed by atoms with Gasteiger partial charge in [0.25, 0.3) is 0 Å². The van der Waals surface area contributed by atoms with Crippen LogP contribution in [-0.2, 0) is 19.5 Å². The van der Waals surface area contributed by atoms with E-state index in [1.54, 1.807) is 17.9 Å². The number of fused-ring (bicyclic) bond motifs is 3. The zero-order valence-corrected chi connectivity index (χ0v) is 22.5. The molecule has 0 radical (unpaired) electrons. The van der Waals surface area contributed by atoms with Crippen molar-refractivity contribution < 1.29 is 28.0 Å². The lowest BCUT2D eigenvalue weighted by Crippen LogP contribution is -2.49. The molecule has 1 fully saturated rings. The van der Waals surface area contributed by atoms with Crippen molar-refractivity contribution in [2.75, 3.05) is 37.7 Å². The molecule has 3 aromatic rings. The van der Waals surface area contributed by atoms with Gasteiger partial charge in [0.1, 0.15) is 6.61 Å². The number of benzene rings is 3. The molecule has 0 aromatic heterocycles. The van der Waals surface area contributed by atoms with E-state index < -0.39 is 21.9 Å². The Kier molecular flexibility index (Phi) is 7.41. The fourth-order valence-corrected chi connectivity index (χ4v) is 6.43. The SMILES string of the molecule is Cc1c(CS(=O)(=O)Cl)cc(B(O)O)cc1N1CCN(C(=O)OCC2c3ccccc3-c3ccccc32)CC1. The molecule has 0 saturated carbocycles. The third kappa shape index (κ3) is 5.40. The monoisotopic (exact) mass is 554 g/mol. The average Bonchev–Trinajstić information content (AvgIpc) is 3.21. The molecule has 0 spiro atoms. The number of rotatable bonds is 6. The highest BCUT2D eigenvalue weighted by Crippen LogP contribution is 2.44. The number of carbonyl (C=O) groups is 1. The van der Waals surface area contributed by atoms with E-state index in [1.807, 2.05) is 29.2 Å². The van der Waals surface area contributed by atoms with E-state index in [4.69, 9.17) is 15.4 Å². The van der Waals surface area contributed by atoms with Gasteiger partial charge in [0.2, 0.25) is 9.05 Å². The molecule has 2 aliphatic rings. The Morgan fingerprint density at radius 1 is 1.00 bits per heavy atom. The van der Waals surface area contributed by atoms with Crippen LogP contribution in [0.15, 0.2) is 60.7 Å². The molecular formula is C27H28BClN2O6S. The van der Waals surface area contributed by atoms with Crippen LogP contribution >= 0.6 is 10.7 Å². The van der Waals surface area contributed by atoms with Crippen LogP contribution < -0.4 is 10.4 Å². The first kappa shape index (κ1) is 26.6. The standard InChI is InChI=1S/C27H28BClN2O6S/c1-18-19(17-38(29,35)36)14-20(28(33)34)15-26(18)30-10-12-31(13-11-30)27(32)37-16-25-23-8-4-2-6-21(23)22-7-3-5-9-24(22)25/h2-9,14-15,25,33-34H,10-13,16-17H2,1H3. The highest BCUT2D eigenvalue weighted by atomic mass is 35.7. The summed E-state index contributed by atoms with van der Waals surface area (Å²) in [7, 11) is -0.124. The van der Waals surface area contributed by atoms with Crippen molar-refractivity contribution in [3.8, 4) is 11.1 Å². The predicted octanol–water partition coefficient (Wildman–Crippen LogP) is 2.81. The molecular weight excluding hydrogens is 527 g/mol. The molecule has 198 valence electrons. The molecule has 1 heterocycles. The molecule has 1 aliphatic carbocycles.